The van der Waals surface area contributed by atoms with Crippen LogP contribution in [0.4, 0.5) is 0 Å². The molecule has 0 N–H and O–H groups in total. The lowest BCUT2D eigenvalue weighted by Gasteiger charge is -2.40. The molecular weight excluding hydrogens is 346 g/mol. The van der Waals surface area contributed by atoms with Crippen LogP contribution in [0.1, 0.15) is 30.5 Å². The predicted molar refractivity (Wildman–Crippen MR) is 96.1 cm³/mol. The number of aliphatic carboxylic acids is 1. The molecule has 1 aromatic rings. The van der Waals surface area contributed by atoms with Gasteiger partial charge in [-0.05, 0) is 54.9 Å². The molecule has 1 aromatic carbocycles. The molecule has 6 nitrogen and oxygen atoms in total. The van der Waals surface area contributed by atoms with Crippen molar-refractivity contribution in [1.29, 1.82) is 0 Å². The van der Waals surface area contributed by atoms with Crippen LogP contribution < -0.4 is 14.6 Å². The smallest absolute Gasteiger partial charge is 0.227 e. The molecule has 0 aromatic heterocycles. The molecule has 0 unspecified atom stereocenters. The molecule has 3 aliphatic rings. The van der Waals surface area contributed by atoms with Crippen molar-refractivity contribution in [2.75, 3.05) is 20.8 Å². The molecule has 144 valence electrons. The summed E-state index contributed by atoms with van der Waals surface area (Å²) >= 11 is 0. The fourth-order valence-corrected chi connectivity index (χ4v) is 5.12. The van der Waals surface area contributed by atoms with E-state index in [-0.39, 0.29) is 23.8 Å². The number of carbonyl (C=O) groups excluding carboxylic acids is 2. The number of carboxylic acid groups (broad SMARTS) is 1. The zero-order valence-corrected chi connectivity index (χ0v) is 15.8. The summed E-state index contributed by atoms with van der Waals surface area (Å²) in [5.74, 6) is -1.18. The van der Waals surface area contributed by atoms with Gasteiger partial charge in [0.05, 0.1) is 26.2 Å². The number of ether oxygens (including phenoxy) is 2. The normalized spacial score (nSPS) is 30.9. The summed E-state index contributed by atoms with van der Waals surface area (Å²) in [5.41, 5.74) is 2.16. The molecule has 1 amide bonds. The van der Waals surface area contributed by atoms with Gasteiger partial charge >= 0.3 is 0 Å². The Morgan fingerprint density at radius 2 is 1.70 bits per heavy atom. The Morgan fingerprint density at radius 1 is 1.07 bits per heavy atom. The van der Waals surface area contributed by atoms with Crippen molar-refractivity contribution in [2.45, 2.75) is 25.8 Å². The summed E-state index contributed by atoms with van der Waals surface area (Å²) < 4.78 is 10.8. The molecule has 0 radical (unpaired) electrons. The first-order valence-electron chi connectivity index (χ1n) is 9.40. The maximum atomic E-state index is 13.3. The van der Waals surface area contributed by atoms with Crippen LogP contribution in [0.15, 0.2) is 24.3 Å². The van der Waals surface area contributed by atoms with Crippen molar-refractivity contribution < 1.29 is 24.2 Å². The van der Waals surface area contributed by atoms with E-state index in [1.807, 2.05) is 36.1 Å². The van der Waals surface area contributed by atoms with Crippen LogP contribution in [0.2, 0.25) is 0 Å². The summed E-state index contributed by atoms with van der Waals surface area (Å²) in [6.45, 7) is 2.55. The fourth-order valence-electron chi connectivity index (χ4n) is 5.12. The van der Waals surface area contributed by atoms with Gasteiger partial charge in [-0.15, -0.1) is 0 Å². The summed E-state index contributed by atoms with van der Waals surface area (Å²) in [6.07, 6.45) is 5.38. The molecule has 27 heavy (non-hydrogen) atoms. The second-order valence-corrected chi connectivity index (χ2v) is 7.68. The second kappa shape index (κ2) is 6.59. The second-order valence-electron chi connectivity index (χ2n) is 7.68. The van der Waals surface area contributed by atoms with Crippen LogP contribution in [-0.2, 0) is 16.0 Å². The third kappa shape index (κ3) is 2.69. The van der Waals surface area contributed by atoms with Crippen LogP contribution >= 0.6 is 0 Å². The van der Waals surface area contributed by atoms with Crippen molar-refractivity contribution >= 4 is 11.9 Å². The molecule has 0 spiro atoms. The standard InChI is InChI=1S/C21H25NO5/c1-11-15-10-17(27-3)16(26-2)9-12(15)6-7-22(11)20(23)18-13-4-5-14(8-13)19(18)21(24)25/h4-5,9-11,13-14,18-19H,6-8H2,1-3H3,(H,24,25)/p-1/t11-,13-,14+,18+,19-/m1/s1. The van der Waals surface area contributed by atoms with Gasteiger partial charge in [-0.25, -0.2) is 0 Å². The monoisotopic (exact) mass is 370 g/mol. The Morgan fingerprint density at radius 3 is 2.33 bits per heavy atom. The first kappa shape index (κ1) is 17.9. The Balaban J connectivity index is 1.64. The fraction of sp³-hybridized carbons (Fsp3) is 0.524. The van der Waals surface area contributed by atoms with Gasteiger partial charge in [0.25, 0.3) is 0 Å². The number of carboxylic acids is 1. The third-order valence-corrected chi connectivity index (χ3v) is 6.48. The summed E-state index contributed by atoms with van der Waals surface area (Å²) in [5, 5.41) is 11.7. The van der Waals surface area contributed by atoms with Crippen LogP contribution in [0.25, 0.3) is 0 Å². The van der Waals surface area contributed by atoms with E-state index in [2.05, 4.69) is 0 Å². The quantitative estimate of drug-likeness (QED) is 0.748. The van der Waals surface area contributed by atoms with Crippen LogP contribution in [0.3, 0.4) is 0 Å². The van der Waals surface area contributed by atoms with Crippen molar-refractivity contribution in [1.82, 2.24) is 4.90 Å². The van der Waals surface area contributed by atoms with Crippen LogP contribution in [0.5, 0.6) is 11.5 Å². The number of allylic oxidation sites excluding steroid dienone is 2. The average molecular weight is 370 g/mol. The molecular formula is C21H24NO5-. The number of benzene rings is 1. The van der Waals surface area contributed by atoms with E-state index < -0.39 is 17.8 Å². The maximum absolute atomic E-state index is 13.3. The minimum absolute atomic E-state index is 0.00407. The average Bonchev–Trinajstić information content (AvgIpc) is 3.28. The molecule has 2 bridgehead atoms. The Labute approximate surface area is 158 Å². The molecule has 0 saturated heterocycles. The van der Waals surface area contributed by atoms with Crippen molar-refractivity contribution in [2.24, 2.45) is 23.7 Å². The van der Waals surface area contributed by atoms with E-state index in [0.717, 1.165) is 17.5 Å². The molecule has 5 atom stereocenters. The molecule has 1 fully saturated rings. The number of fused-ring (bicyclic) bond motifs is 3. The van der Waals surface area contributed by atoms with Crippen molar-refractivity contribution in [3.8, 4) is 11.5 Å². The number of hydrogen-bond acceptors (Lipinski definition) is 5. The first-order chi connectivity index (χ1) is 13.0. The van der Waals surface area contributed by atoms with Gasteiger partial charge in [0.1, 0.15) is 0 Å². The first-order valence-corrected chi connectivity index (χ1v) is 9.40. The minimum Gasteiger partial charge on any atom is -0.550 e. The molecule has 6 heteroatoms. The summed E-state index contributed by atoms with van der Waals surface area (Å²) in [6, 6.07) is 3.75. The highest BCUT2D eigenvalue weighted by Gasteiger charge is 2.50. The lowest BCUT2D eigenvalue weighted by Crippen LogP contribution is -2.48. The van der Waals surface area contributed by atoms with Gasteiger partial charge in [0.15, 0.2) is 11.5 Å². The number of rotatable bonds is 4. The summed E-state index contributed by atoms with van der Waals surface area (Å²) in [4.78, 5) is 26.8. The van der Waals surface area contributed by atoms with Crippen LogP contribution in [-0.4, -0.2) is 37.5 Å². The molecule has 1 heterocycles. The SMILES string of the molecule is COc1cc2c(cc1OC)[C@@H](C)N(C(=O)[C@@H]1[C@H](C(=O)[O-])[C@H]3C=C[C@@H]1C3)CC2. The Kier molecular flexibility index (Phi) is 4.36. The van der Waals surface area contributed by atoms with Gasteiger partial charge in [-0.1, -0.05) is 12.2 Å². The largest absolute Gasteiger partial charge is 0.550 e. The van der Waals surface area contributed by atoms with Gasteiger partial charge in [-0.2, -0.15) is 0 Å². The lowest BCUT2D eigenvalue weighted by molar-refractivity contribution is -0.313. The zero-order valence-electron chi connectivity index (χ0n) is 15.8. The predicted octanol–water partition coefficient (Wildman–Crippen LogP) is 1.34. The topological polar surface area (TPSA) is 78.9 Å². The molecule has 4 rings (SSSR count). The number of hydrogen-bond donors (Lipinski definition) is 0. The minimum atomic E-state index is -1.11. The highest BCUT2D eigenvalue weighted by Crippen LogP contribution is 2.49. The molecule has 1 aliphatic heterocycles. The maximum Gasteiger partial charge on any atom is 0.227 e. The zero-order chi connectivity index (χ0) is 19.3. The highest BCUT2D eigenvalue weighted by atomic mass is 16.5. The van der Waals surface area contributed by atoms with E-state index >= 15 is 0 Å². The molecule has 2 aliphatic carbocycles. The van der Waals surface area contributed by atoms with E-state index in [9.17, 15) is 14.7 Å². The van der Waals surface area contributed by atoms with Crippen molar-refractivity contribution in [3.05, 3.63) is 35.4 Å². The Bertz CT molecular complexity index is 817. The van der Waals surface area contributed by atoms with E-state index in [1.165, 1.54) is 0 Å². The lowest BCUT2D eigenvalue weighted by atomic mass is 9.81. The van der Waals surface area contributed by atoms with Gasteiger partial charge in [0.2, 0.25) is 5.91 Å². The van der Waals surface area contributed by atoms with Crippen LogP contribution in [0, 0.1) is 23.7 Å². The number of carbonyl (C=O) groups is 2. The third-order valence-electron chi connectivity index (χ3n) is 6.48. The van der Waals surface area contributed by atoms with E-state index in [1.54, 1.807) is 14.2 Å². The van der Waals surface area contributed by atoms with Gasteiger partial charge < -0.3 is 24.3 Å². The Hall–Kier alpha value is -2.50. The van der Waals surface area contributed by atoms with E-state index in [0.29, 0.717) is 24.5 Å². The number of nitrogens with zero attached hydrogens (tertiary/aromatic N) is 1. The van der Waals surface area contributed by atoms with Gasteiger partial charge in [-0.3, -0.25) is 4.79 Å². The number of amides is 1. The highest BCUT2D eigenvalue weighted by molar-refractivity contribution is 5.87. The summed E-state index contributed by atoms with van der Waals surface area (Å²) in [7, 11) is 3.20. The van der Waals surface area contributed by atoms with Gasteiger partial charge in [0, 0.05) is 18.4 Å². The van der Waals surface area contributed by atoms with E-state index in [4.69, 9.17) is 9.47 Å². The van der Waals surface area contributed by atoms with Crippen molar-refractivity contribution in [3.63, 3.8) is 0 Å². The number of methoxy groups -OCH3 is 2. The molecule has 1 saturated carbocycles.